The number of hydrogen-bond donors (Lipinski definition) is 0. The predicted octanol–water partition coefficient (Wildman–Crippen LogP) is 7.95. The smallest absolute Gasteiger partial charge is 0.204 e. The van der Waals surface area contributed by atoms with Gasteiger partial charge in [-0.2, -0.15) is 0 Å². The topological polar surface area (TPSA) is 25.8 Å². The molecule has 0 saturated heterocycles. The summed E-state index contributed by atoms with van der Waals surface area (Å²) in [4.78, 5) is 9.02. The van der Waals surface area contributed by atoms with Crippen LogP contribution in [0.1, 0.15) is 128 Å². The predicted molar refractivity (Wildman–Crippen MR) is 135 cm³/mol. The van der Waals surface area contributed by atoms with E-state index in [9.17, 15) is 0 Å². The van der Waals surface area contributed by atoms with Crippen LogP contribution in [0.25, 0.3) is 0 Å². The molecule has 3 rings (SSSR count). The lowest BCUT2D eigenvalue weighted by Crippen LogP contribution is -2.30. The van der Waals surface area contributed by atoms with Gasteiger partial charge in [0.25, 0.3) is 0 Å². The Hall–Kier alpha value is -1.80. The van der Waals surface area contributed by atoms with E-state index in [0.717, 1.165) is 11.5 Å². The Balaban J connectivity index is 1.55. The zero-order valence-electron chi connectivity index (χ0n) is 20.9. The summed E-state index contributed by atoms with van der Waals surface area (Å²) >= 11 is 0. The second-order valence-electron chi connectivity index (χ2n) is 10.4. The number of unbranched alkanes of at least 4 members (excludes halogenated alkanes) is 2. The van der Waals surface area contributed by atoms with Crippen molar-refractivity contribution in [1.82, 2.24) is 9.97 Å². The zero-order valence-corrected chi connectivity index (χ0v) is 20.9. The van der Waals surface area contributed by atoms with Gasteiger partial charge in [0.2, 0.25) is 5.82 Å². The third-order valence-electron chi connectivity index (χ3n) is 7.97. The van der Waals surface area contributed by atoms with Crippen molar-refractivity contribution in [2.45, 2.75) is 117 Å². The minimum Gasteiger partial charge on any atom is -0.228 e. The molecule has 174 valence electrons. The van der Waals surface area contributed by atoms with Gasteiger partial charge in [0.1, 0.15) is 0 Å². The van der Waals surface area contributed by atoms with Crippen LogP contribution in [0.4, 0.5) is 0 Å². The van der Waals surface area contributed by atoms with E-state index in [2.05, 4.69) is 54.4 Å². The first-order chi connectivity index (χ1) is 15.6. The molecule has 0 amide bonds. The van der Waals surface area contributed by atoms with E-state index in [1.807, 2.05) is 12.4 Å². The van der Waals surface area contributed by atoms with Crippen molar-refractivity contribution in [1.29, 1.82) is 0 Å². The van der Waals surface area contributed by atoms with Crippen molar-refractivity contribution >= 4 is 0 Å². The molecule has 2 aliphatic carbocycles. The Bertz CT molecular complexity index is 787. The van der Waals surface area contributed by atoms with Crippen LogP contribution in [0.3, 0.4) is 0 Å². The number of hydrogen-bond acceptors (Lipinski definition) is 2. The highest BCUT2D eigenvalue weighted by molar-refractivity contribution is 5.34. The summed E-state index contributed by atoms with van der Waals surface area (Å²) < 4.78 is 0. The van der Waals surface area contributed by atoms with Gasteiger partial charge in [0.15, 0.2) is 0 Å². The fraction of sp³-hybridized carbons (Fsp3) is 0.733. The average molecular weight is 433 g/mol. The Morgan fingerprint density at radius 1 is 0.938 bits per heavy atom. The fourth-order valence-corrected chi connectivity index (χ4v) is 5.73. The first-order valence-electron chi connectivity index (χ1n) is 13.5. The van der Waals surface area contributed by atoms with Crippen LogP contribution >= 0.6 is 0 Å². The van der Waals surface area contributed by atoms with Gasteiger partial charge < -0.3 is 0 Å². The van der Waals surface area contributed by atoms with Crippen LogP contribution in [0.5, 0.6) is 0 Å². The van der Waals surface area contributed by atoms with Gasteiger partial charge in [-0.25, -0.2) is 9.97 Å². The molecule has 1 unspecified atom stereocenters. The molecule has 2 heteroatoms. The summed E-state index contributed by atoms with van der Waals surface area (Å²) in [5.41, 5.74) is 1.11. The molecule has 2 fully saturated rings. The van der Waals surface area contributed by atoms with E-state index in [-0.39, 0.29) is 5.41 Å². The molecule has 0 aromatic carbocycles. The van der Waals surface area contributed by atoms with Gasteiger partial charge in [0.05, 0.1) is 5.56 Å². The molecular weight excluding hydrogens is 388 g/mol. The molecule has 2 nitrogen and oxygen atoms in total. The first kappa shape index (κ1) is 24.8. The Morgan fingerprint density at radius 3 is 2.31 bits per heavy atom. The molecule has 1 heterocycles. The molecule has 0 N–H and O–H groups in total. The number of aromatic nitrogens is 2. The SMILES string of the molecule is CCCCCC1CCC(C#Cc2ncc(C#CC3(C(C)CCC)CCCCC3)cn2)CC1. The van der Waals surface area contributed by atoms with E-state index in [1.165, 1.54) is 96.3 Å². The van der Waals surface area contributed by atoms with Crippen LogP contribution in [0, 0.1) is 46.9 Å². The minimum absolute atomic E-state index is 0.183. The highest BCUT2D eigenvalue weighted by Crippen LogP contribution is 2.44. The van der Waals surface area contributed by atoms with Crippen LogP contribution in [-0.2, 0) is 0 Å². The summed E-state index contributed by atoms with van der Waals surface area (Å²) in [5, 5.41) is 0. The van der Waals surface area contributed by atoms with E-state index in [4.69, 9.17) is 0 Å². The molecule has 1 aromatic rings. The quantitative estimate of drug-likeness (QED) is 0.323. The summed E-state index contributed by atoms with van der Waals surface area (Å²) in [6, 6.07) is 0. The van der Waals surface area contributed by atoms with Crippen molar-refractivity contribution in [3.05, 3.63) is 23.8 Å². The van der Waals surface area contributed by atoms with E-state index in [1.54, 1.807) is 0 Å². The van der Waals surface area contributed by atoms with Crippen molar-refractivity contribution in [2.24, 2.45) is 23.2 Å². The van der Waals surface area contributed by atoms with Gasteiger partial charge in [-0.3, -0.25) is 0 Å². The van der Waals surface area contributed by atoms with E-state index >= 15 is 0 Å². The molecular formula is C30H44N2. The zero-order chi connectivity index (χ0) is 22.7. The highest BCUT2D eigenvalue weighted by Gasteiger charge is 2.35. The lowest BCUT2D eigenvalue weighted by Gasteiger charge is -2.38. The van der Waals surface area contributed by atoms with Gasteiger partial charge in [0, 0.05) is 23.7 Å². The summed E-state index contributed by atoms with van der Waals surface area (Å²) in [7, 11) is 0. The van der Waals surface area contributed by atoms with Crippen LogP contribution in [0.2, 0.25) is 0 Å². The van der Waals surface area contributed by atoms with E-state index < -0.39 is 0 Å². The normalized spacial score (nSPS) is 23.3. The van der Waals surface area contributed by atoms with Crippen molar-refractivity contribution in [3.8, 4) is 23.7 Å². The summed E-state index contributed by atoms with van der Waals surface area (Å²) in [5.74, 6) is 16.6. The largest absolute Gasteiger partial charge is 0.228 e. The van der Waals surface area contributed by atoms with Gasteiger partial charge >= 0.3 is 0 Å². The van der Waals surface area contributed by atoms with Gasteiger partial charge in [-0.15, -0.1) is 0 Å². The Labute approximate surface area is 197 Å². The summed E-state index contributed by atoms with van der Waals surface area (Å²) in [6.07, 6.45) is 23.4. The van der Waals surface area contributed by atoms with Gasteiger partial charge in [-0.1, -0.05) is 89.9 Å². The second-order valence-corrected chi connectivity index (χ2v) is 10.4. The molecule has 0 bridgehead atoms. The lowest BCUT2D eigenvalue weighted by atomic mass is 9.65. The molecule has 0 spiro atoms. The minimum atomic E-state index is 0.183. The third-order valence-corrected chi connectivity index (χ3v) is 7.97. The van der Waals surface area contributed by atoms with Crippen LogP contribution < -0.4 is 0 Å². The van der Waals surface area contributed by atoms with E-state index in [0.29, 0.717) is 17.7 Å². The van der Waals surface area contributed by atoms with Crippen molar-refractivity contribution in [3.63, 3.8) is 0 Å². The van der Waals surface area contributed by atoms with Crippen LogP contribution in [0.15, 0.2) is 12.4 Å². The molecule has 1 aromatic heterocycles. The van der Waals surface area contributed by atoms with Crippen molar-refractivity contribution < 1.29 is 0 Å². The molecule has 2 aliphatic rings. The van der Waals surface area contributed by atoms with Crippen molar-refractivity contribution in [2.75, 3.05) is 0 Å². The second kappa shape index (κ2) is 13.0. The van der Waals surface area contributed by atoms with Gasteiger partial charge in [-0.05, 0) is 62.7 Å². The van der Waals surface area contributed by atoms with Crippen LogP contribution in [-0.4, -0.2) is 9.97 Å². The maximum atomic E-state index is 4.51. The lowest BCUT2D eigenvalue weighted by molar-refractivity contribution is 0.171. The Kier molecular flexibility index (Phi) is 10.1. The molecule has 1 atom stereocenters. The number of rotatable bonds is 7. The first-order valence-corrected chi connectivity index (χ1v) is 13.5. The monoisotopic (exact) mass is 432 g/mol. The highest BCUT2D eigenvalue weighted by atomic mass is 14.8. The maximum Gasteiger partial charge on any atom is 0.204 e. The Morgan fingerprint density at radius 2 is 1.66 bits per heavy atom. The molecule has 0 radical (unpaired) electrons. The molecule has 32 heavy (non-hydrogen) atoms. The maximum absolute atomic E-state index is 4.51. The average Bonchev–Trinajstić information content (AvgIpc) is 2.84. The number of nitrogens with zero attached hydrogens (tertiary/aromatic N) is 2. The fourth-order valence-electron chi connectivity index (χ4n) is 5.73. The standard InChI is InChI=1S/C30H44N2/c1-4-6-8-12-26-13-15-27(16-14-26)17-18-29-31-23-28(24-32-29)19-22-30(25(3)11-5-2)20-9-7-10-21-30/h23-27H,4-16,20-21H2,1-3H3. The molecule has 2 saturated carbocycles. The molecule has 0 aliphatic heterocycles. The summed E-state index contributed by atoms with van der Waals surface area (Å²) in [6.45, 7) is 6.97. The third kappa shape index (κ3) is 7.37.